The molecule has 1 heterocycles. The summed E-state index contributed by atoms with van der Waals surface area (Å²) in [7, 11) is 0. The molecular formula is C20H18ClFN4OS. The van der Waals surface area contributed by atoms with Gasteiger partial charge in [0.2, 0.25) is 5.91 Å². The summed E-state index contributed by atoms with van der Waals surface area (Å²) in [6, 6.07) is 11.6. The Morgan fingerprint density at radius 1 is 1.32 bits per heavy atom. The standard InChI is InChI=1S/C20H18ClFN4OS/c1-3-10-26-19(15-6-4-5-7-16(15)21)24-25-20(26)28-12-18(27)23-17-11-14(22)9-8-13(17)2/h3-9,11H,1,10,12H2,2H3,(H,23,27). The van der Waals surface area contributed by atoms with Gasteiger partial charge in [-0.2, -0.15) is 0 Å². The molecule has 0 fully saturated rings. The monoisotopic (exact) mass is 416 g/mol. The molecule has 1 amide bonds. The Kier molecular flexibility index (Phi) is 6.49. The van der Waals surface area contributed by atoms with Gasteiger partial charge in [0.15, 0.2) is 11.0 Å². The number of allylic oxidation sites excluding steroid dienone is 1. The highest BCUT2D eigenvalue weighted by molar-refractivity contribution is 7.99. The first-order valence-corrected chi connectivity index (χ1v) is 9.83. The topological polar surface area (TPSA) is 59.8 Å². The zero-order valence-electron chi connectivity index (χ0n) is 15.2. The summed E-state index contributed by atoms with van der Waals surface area (Å²) in [5, 5.41) is 12.3. The molecule has 1 N–H and O–H groups in total. The van der Waals surface area contributed by atoms with Crippen LogP contribution in [0.25, 0.3) is 11.4 Å². The first kappa shape index (κ1) is 20.1. The first-order chi connectivity index (χ1) is 13.5. The zero-order chi connectivity index (χ0) is 20.1. The fraction of sp³-hybridized carbons (Fsp3) is 0.150. The lowest BCUT2D eigenvalue weighted by molar-refractivity contribution is -0.113. The molecule has 0 bridgehead atoms. The summed E-state index contributed by atoms with van der Waals surface area (Å²) >= 11 is 7.52. The van der Waals surface area contributed by atoms with Crippen LogP contribution < -0.4 is 5.32 Å². The second kappa shape index (κ2) is 9.03. The van der Waals surface area contributed by atoms with Gasteiger partial charge in [0.1, 0.15) is 5.82 Å². The number of aromatic nitrogens is 3. The number of anilines is 1. The lowest BCUT2D eigenvalue weighted by Crippen LogP contribution is -2.15. The van der Waals surface area contributed by atoms with E-state index in [4.69, 9.17) is 11.6 Å². The van der Waals surface area contributed by atoms with Crippen molar-refractivity contribution in [3.05, 3.63) is 71.5 Å². The number of nitrogens with zero attached hydrogens (tertiary/aromatic N) is 3. The van der Waals surface area contributed by atoms with Crippen molar-refractivity contribution in [1.29, 1.82) is 0 Å². The molecule has 3 rings (SSSR count). The maximum Gasteiger partial charge on any atom is 0.234 e. The number of aryl methyl sites for hydroxylation is 1. The molecule has 0 saturated carbocycles. The molecule has 0 radical (unpaired) electrons. The number of hydrogen-bond acceptors (Lipinski definition) is 4. The van der Waals surface area contributed by atoms with Crippen LogP contribution in [0.1, 0.15) is 5.56 Å². The summed E-state index contributed by atoms with van der Waals surface area (Å²) in [4.78, 5) is 12.3. The molecule has 28 heavy (non-hydrogen) atoms. The number of halogens is 2. The van der Waals surface area contributed by atoms with Crippen molar-refractivity contribution in [3.8, 4) is 11.4 Å². The second-order valence-corrected chi connectivity index (χ2v) is 7.33. The Hall–Kier alpha value is -2.64. The quantitative estimate of drug-likeness (QED) is 0.436. The smallest absolute Gasteiger partial charge is 0.234 e. The average molecular weight is 417 g/mol. The molecule has 0 saturated heterocycles. The van der Waals surface area contributed by atoms with Crippen LogP contribution in [-0.4, -0.2) is 26.4 Å². The highest BCUT2D eigenvalue weighted by Gasteiger charge is 2.17. The van der Waals surface area contributed by atoms with Gasteiger partial charge in [-0.3, -0.25) is 9.36 Å². The Balaban J connectivity index is 1.75. The second-order valence-electron chi connectivity index (χ2n) is 5.98. The molecule has 0 aliphatic carbocycles. The van der Waals surface area contributed by atoms with Crippen LogP contribution >= 0.6 is 23.4 Å². The summed E-state index contributed by atoms with van der Waals surface area (Å²) in [6.45, 7) is 6.05. The lowest BCUT2D eigenvalue weighted by Gasteiger charge is -2.10. The van der Waals surface area contributed by atoms with Crippen LogP contribution in [-0.2, 0) is 11.3 Å². The number of carbonyl (C=O) groups excluding carboxylic acids is 1. The Morgan fingerprint density at radius 2 is 2.11 bits per heavy atom. The highest BCUT2D eigenvalue weighted by Crippen LogP contribution is 2.29. The maximum atomic E-state index is 13.4. The van der Waals surface area contributed by atoms with E-state index in [2.05, 4.69) is 22.1 Å². The number of rotatable bonds is 7. The minimum Gasteiger partial charge on any atom is -0.325 e. The van der Waals surface area contributed by atoms with Crippen LogP contribution in [0.2, 0.25) is 5.02 Å². The first-order valence-electron chi connectivity index (χ1n) is 8.47. The normalized spacial score (nSPS) is 10.7. The third kappa shape index (κ3) is 4.61. The van der Waals surface area contributed by atoms with Crippen LogP contribution in [0, 0.1) is 12.7 Å². The van der Waals surface area contributed by atoms with Gasteiger partial charge >= 0.3 is 0 Å². The van der Waals surface area contributed by atoms with E-state index in [1.807, 2.05) is 22.8 Å². The van der Waals surface area contributed by atoms with Gasteiger partial charge in [-0.05, 0) is 36.8 Å². The molecule has 2 aromatic carbocycles. The van der Waals surface area contributed by atoms with Gasteiger partial charge in [-0.15, -0.1) is 16.8 Å². The highest BCUT2D eigenvalue weighted by atomic mass is 35.5. The van der Waals surface area contributed by atoms with Crippen LogP contribution in [0.3, 0.4) is 0 Å². The molecule has 0 aliphatic heterocycles. The van der Waals surface area contributed by atoms with Gasteiger partial charge in [0.25, 0.3) is 0 Å². The number of nitrogens with one attached hydrogen (secondary N) is 1. The van der Waals surface area contributed by atoms with Gasteiger partial charge < -0.3 is 5.32 Å². The Labute approximate surface area is 171 Å². The predicted octanol–water partition coefficient (Wildman–Crippen LogP) is 4.96. The molecule has 144 valence electrons. The number of hydrogen-bond donors (Lipinski definition) is 1. The molecule has 0 unspecified atom stereocenters. The van der Waals surface area contributed by atoms with Crippen LogP contribution in [0.5, 0.6) is 0 Å². The van der Waals surface area contributed by atoms with E-state index in [1.54, 1.807) is 25.1 Å². The Morgan fingerprint density at radius 3 is 2.86 bits per heavy atom. The van der Waals surface area contributed by atoms with Crippen molar-refractivity contribution in [2.45, 2.75) is 18.6 Å². The third-order valence-electron chi connectivity index (χ3n) is 3.95. The van der Waals surface area contributed by atoms with Crippen molar-refractivity contribution < 1.29 is 9.18 Å². The van der Waals surface area contributed by atoms with E-state index >= 15 is 0 Å². The van der Waals surface area contributed by atoms with Gasteiger partial charge in [0.05, 0.1) is 10.8 Å². The van der Waals surface area contributed by atoms with E-state index in [0.717, 1.165) is 11.1 Å². The SMILES string of the molecule is C=CCn1c(SCC(=O)Nc2cc(F)ccc2C)nnc1-c1ccccc1Cl. The van der Waals surface area contributed by atoms with Crippen LogP contribution in [0.15, 0.2) is 60.3 Å². The fourth-order valence-electron chi connectivity index (χ4n) is 2.58. The van der Waals surface area contributed by atoms with E-state index < -0.39 is 5.82 Å². The summed E-state index contributed by atoms with van der Waals surface area (Å²) < 4.78 is 15.2. The van der Waals surface area contributed by atoms with Crippen molar-refractivity contribution in [2.24, 2.45) is 0 Å². The average Bonchev–Trinajstić information content (AvgIpc) is 3.06. The lowest BCUT2D eigenvalue weighted by atomic mass is 10.2. The fourth-order valence-corrected chi connectivity index (χ4v) is 3.54. The van der Waals surface area contributed by atoms with Crippen molar-refractivity contribution >= 4 is 35.0 Å². The number of thioether (sulfide) groups is 1. The van der Waals surface area contributed by atoms with Crippen LogP contribution in [0.4, 0.5) is 10.1 Å². The van der Waals surface area contributed by atoms with E-state index in [0.29, 0.717) is 28.2 Å². The maximum absolute atomic E-state index is 13.4. The van der Waals surface area contributed by atoms with Crippen molar-refractivity contribution in [2.75, 3.05) is 11.1 Å². The largest absolute Gasteiger partial charge is 0.325 e. The van der Waals surface area contributed by atoms with Crippen molar-refractivity contribution in [1.82, 2.24) is 14.8 Å². The number of amides is 1. The zero-order valence-corrected chi connectivity index (χ0v) is 16.7. The van der Waals surface area contributed by atoms with Gasteiger partial charge in [0, 0.05) is 17.8 Å². The molecular weight excluding hydrogens is 399 g/mol. The Bertz CT molecular complexity index is 1020. The molecule has 0 aliphatic rings. The van der Waals surface area contributed by atoms with E-state index in [9.17, 15) is 9.18 Å². The minimum absolute atomic E-state index is 0.105. The number of carbonyl (C=O) groups is 1. The predicted molar refractivity (Wildman–Crippen MR) is 111 cm³/mol. The minimum atomic E-state index is -0.399. The summed E-state index contributed by atoms with van der Waals surface area (Å²) in [5.41, 5.74) is 2.00. The molecule has 3 aromatic rings. The molecule has 1 aromatic heterocycles. The van der Waals surface area contributed by atoms with E-state index in [-0.39, 0.29) is 11.7 Å². The van der Waals surface area contributed by atoms with E-state index in [1.165, 1.54) is 23.9 Å². The summed E-state index contributed by atoms with van der Waals surface area (Å²) in [6.07, 6.45) is 1.73. The molecule has 5 nitrogen and oxygen atoms in total. The van der Waals surface area contributed by atoms with Crippen molar-refractivity contribution in [3.63, 3.8) is 0 Å². The third-order valence-corrected chi connectivity index (χ3v) is 5.25. The summed E-state index contributed by atoms with van der Waals surface area (Å²) in [5.74, 6) is 0.0532. The van der Waals surface area contributed by atoms with Gasteiger partial charge in [-0.25, -0.2) is 4.39 Å². The molecule has 8 heteroatoms. The number of benzene rings is 2. The molecule has 0 atom stereocenters. The van der Waals surface area contributed by atoms with Gasteiger partial charge in [-0.1, -0.05) is 47.6 Å². The molecule has 0 spiro atoms.